The van der Waals surface area contributed by atoms with Gasteiger partial charge in [-0.2, -0.15) is 36.4 Å². The molecule has 2 fully saturated rings. The van der Waals surface area contributed by atoms with Crippen LogP contribution in [0.4, 0.5) is 28.9 Å². The van der Waals surface area contributed by atoms with Crippen molar-refractivity contribution in [2.45, 2.75) is 49.6 Å². The third kappa shape index (κ3) is 11.0. The van der Waals surface area contributed by atoms with Gasteiger partial charge >= 0.3 is 21.7 Å². The Hall–Kier alpha value is -5.95. The Morgan fingerprint density at radius 3 is 0.937 bits per heavy atom. The van der Waals surface area contributed by atoms with Crippen LogP contribution in [0.1, 0.15) is 60.8 Å². The van der Waals surface area contributed by atoms with E-state index in [2.05, 4.69) is 70.5 Å². The Kier molecular flexibility index (Phi) is 17.0. The van der Waals surface area contributed by atoms with Crippen LogP contribution in [0, 0.1) is 35.4 Å². The minimum atomic E-state index is -0.673. The molecule has 0 spiro atoms. The van der Waals surface area contributed by atoms with Gasteiger partial charge < -0.3 is 9.80 Å². The van der Waals surface area contributed by atoms with Gasteiger partial charge in [0.25, 0.3) is 0 Å². The van der Waals surface area contributed by atoms with Crippen LogP contribution in [0.15, 0.2) is 206 Å². The topological polar surface area (TPSA) is 6.48 Å². The van der Waals surface area contributed by atoms with E-state index in [0.29, 0.717) is 24.5 Å². The quantitative estimate of drug-likeness (QED) is 0.0933. The van der Waals surface area contributed by atoms with Crippen LogP contribution in [-0.2, 0) is 32.8 Å². The first-order chi connectivity index (χ1) is 30.4. The summed E-state index contributed by atoms with van der Waals surface area (Å²) in [6, 6.07) is 70.9. The largest absolute Gasteiger partial charge is 4.00 e. The molecule has 0 radical (unpaired) electrons. The molecule has 0 bridgehead atoms. The smallest absolute Gasteiger partial charge is 0.409 e. The van der Waals surface area contributed by atoms with Crippen LogP contribution in [0.2, 0.25) is 0 Å². The van der Waals surface area contributed by atoms with Crippen LogP contribution in [0.5, 0.6) is 0 Å². The fourth-order valence-corrected chi connectivity index (χ4v) is 8.92. The second kappa shape index (κ2) is 22.9. The molecule has 2 saturated heterocycles. The summed E-state index contributed by atoms with van der Waals surface area (Å²) in [5.41, 5.74) is 4.33. The first-order valence-corrected chi connectivity index (χ1v) is 21.3. The molecule has 0 unspecified atom stereocenters. The molecule has 7 heteroatoms. The van der Waals surface area contributed by atoms with E-state index in [1.807, 2.05) is 133 Å². The van der Waals surface area contributed by atoms with Crippen molar-refractivity contribution in [1.82, 2.24) is 0 Å². The van der Waals surface area contributed by atoms with E-state index >= 15 is 0 Å². The maximum absolute atomic E-state index is 14.7. The number of benzene rings is 6. The standard InChI is InChI=1S/2C23H20F2N.2C5H5.Ti/c2*24-20-13-14-22(21(25)17-20)26-16-8-7-15-23(26,18-9-3-1-4-10-18)19-11-5-2-6-12-19;2*1-2-4-5-3-1;/h2*1-6,9-14H,7-8,15-16H2;2*1-5H;/q4*-1;+4. The van der Waals surface area contributed by atoms with Crippen LogP contribution in [0.25, 0.3) is 0 Å². The summed E-state index contributed by atoms with van der Waals surface area (Å²) in [7, 11) is 0. The number of halogens is 4. The van der Waals surface area contributed by atoms with E-state index in [0.717, 1.165) is 60.8 Å². The molecule has 2 aliphatic heterocycles. The van der Waals surface area contributed by atoms with Crippen molar-refractivity contribution in [3.63, 3.8) is 0 Å². The van der Waals surface area contributed by atoms with Crippen molar-refractivity contribution in [3.05, 3.63) is 264 Å². The van der Waals surface area contributed by atoms with Crippen molar-refractivity contribution in [3.8, 4) is 0 Å². The summed E-state index contributed by atoms with van der Waals surface area (Å²) in [4.78, 5) is 4.18. The van der Waals surface area contributed by atoms with Crippen LogP contribution >= 0.6 is 0 Å². The molecule has 0 aliphatic carbocycles. The van der Waals surface area contributed by atoms with Gasteiger partial charge in [-0.15, -0.1) is 36.4 Å². The van der Waals surface area contributed by atoms with Crippen molar-refractivity contribution < 1.29 is 39.3 Å². The summed E-state index contributed by atoms with van der Waals surface area (Å²) in [5.74, 6) is -2.62. The Morgan fingerprint density at radius 1 is 0.381 bits per heavy atom. The van der Waals surface area contributed by atoms with Gasteiger partial charge in [0.1, 0.15) is 0 Å². The van der Waals surface area contributed by atoms with Gasteiger partial charge in [-0.1, -0.05) is 121 Å². The summed E-state index contributed by atoms with van der Waals surface area (Å²) in [5, 5.41) is 0. The Balaban J connectivity index is 0.000000169. The molecule has 8 aromatic carbocycles. The Bertz CT molecular complexity index is 2190. The molecule has 63 heavy (non-hydrogen) atoms. The van der Waals surface area contributed by atoms with Gasteiger partial charge in [0, 0.05) is 36.4 Å². The monoisotopic (exact) mass is 874 g/mol. The molecule has 2 nitrogen and oxygen atoms in total. The fourth-order valence-electron chi connectivity index (χ4n) is 8.92. The minimum absolute atomic E-state index is 0. The first kappa shape index (κ1) is 46.6. The molecular formula is C56H50F4N2Ti. The number of rotatable bonds is 6. The number of hydrogen-bond donors (Lipinski definition) is 0. The maximum atomic E-state index is 14.7. The van der Waals surface area contributed by atoms with Crippen molar-refractivity contribution in [2.75, 3.05) is 22.9 Å². The molecule has 0 N–H and O–H groups in total. The molecule has 0 saturated carbocycles. The Labute approximate surface area is 385 Å². The van der Waals surface area contributed by atoms with Gasteiger partial charge in [0.2, 0.25) is 0 Å². The fraction of sp³-hybridized carbons (Fsp3) is 0.179. The normalized spacial score (nSPS) is 14.9. The van der Waals surface area contributed by atoms with Gasteiger partial charge in [0.05, 0.1) is 11.1 Å². The molecule has 10 rings (SSSR count). The second-order valence-electron chi connectivity index (χ2n) is 15.3. The summed E-state index contributed by atoms with van der Waals surface area (Å²) in [6.07, 6.45) is 5.78. The predicted octanol–water partition coefficient (Wildman–Crippen LogP) is 14.2. The first-order valence-electron chi connectivity index (χ1n) is 21.3. The molecular weight excluding hydrogens is 824 g/mol. The molecule has 0 aromatic heterocycles. The zero-order valence-electron chi connectivity index (χ0n) is 35.2. The van der Waals surface area contributed by atoms with Gasteiger partial charge in [0.15, 0.2) is 0 Å². The average Bonchev–Trinajstić information content (AvgIpc) is 4.12. The molecule has 2 aliphatic rings. The molecule has 0 atom stereocenters. The van der Waals surface area contributed by atoms with Crippen LogP contribution < -0.4 is 9.80 Å². The second-order valence-corrected chi connectivity index (χ2v) is 15.3. The third-order valence-corrected chi connectivity index (χ3v) is 11.6. The Morgan fingerprint density at radius 2 is 0.683 bits per heavy atom. The molecule has 2 heterocycles. The maximum Gasteiger partial charge on any atom is 4.00 e. The average molecular weight is 875 g/mol. The van der Waals surface area contributed by atoms with Crippen molar-refractivity contribution >= 4 is 11.4 Å². The third-order valence-electron chi connectivity index (χ3n) is 11.6. The number of piperidine rings is 2. The van der Waals surface area contributed by atoms with Crippen LogP contribution in [-0.4, -0.2) is 13.1 Å². The van der Waals surface area contributed by atoms with Gasteiger partial charge in [-0.05, 0) is 72.2 Å². The minimum Gasteiger partial charge on any atom is -0.409 e. The van der Waals surface area contributed by atoms with Crippen LogP contribution in [0.3, 0.4) is 0 Å². The van der Waals surface area contributed by atoms with E-state index in [4.69, 9.17) is 0 Å². The predicted molar refractivity (Wildman–Crippen MR) is 244 cm³/mol. The van der Waals surface area contributed by atoms with E-state index in [1.165, 1.54) is 24.3 Å². The zero-order chi connectivity index (χ0) is 43.0. The zero-order valence-corrected chi connectivity index (χ0v) is 36.8. The SMILES string of the molecule is Fc1[c-]c(F)c(N2CCCCC2(c2ccccc2)c2ccccc2)cc1.Fc1[c-]c(F)c(N2CCCCC2(c2ccccc2)c2ccccc2)cc1.[Ti+4].c1cc[cH-]c1.c1cc[cH-]c1. The van der Waals surface area contributed by atoms with Gasteiger partial charge in [-0.3, -0.25) is 0 Å². The summed E-state index contributed by atoms with van der Waals surface area (Å²) < 4.78 is 56.2. The number of nitrogens with zero attached hydrogens (tertiary/aromatic N) is 2. The number of hydrogen-bond acceptors (Lipinski definition) is 2. The molecule has 0 amide bonds. The number of anilines is 2. The summed E-state index contributed by atoms with van der Waals surface area (Å²) >= 11 is 0. The van der Waals surface area contributed by atoms with E-state index in [9.17, 15) is 17.6 Å². The van der Waals surface area contributed by atoms with E-state index in [-0.39, 0.29) is 21.7 Å². The van der Waals surface area contributed by atoms with E-state index < -0.39 is 34.3 Å². The van der Waals surface area contributed by atoms with Gasteiger partial charge in [-0.25, -0.2) is 41.8 Å². The molecule has 8 aromatic rings. The van der Waals surface area contributed by atoms with E-state index in [1.54, 1.807) is 0 Å². The summed E-state index contributed by atoms with van der Waals surface area (Å²) in [6.45, 7) is 1.42. The van der Waals surface area contributed by atoms with Crippen molar-refractivity contribution in [2.24, 2.45) is 0 Å². The van der Waals surface area contributed by atoms with Crippen molar-refractivity contribution in [1.29, 1.82) is 0 Å². The molecule has 316 valence electrons.